The molecule has 1 aliphatic rings. The summed E-state index contributed by atoms with van der Waals surface area (Å²) in [5.74, 6) is 0. The van der Waals surface area contributed by atoms with E-state index in [1.54, 1.807) is 11.3 Å². The smallest absolute Gasteiger partial charge is 0.317 e. The van der Waals surface area contributed by atoms with Gasteiger partial charge in [-0.25, -0.2) is 4.79 Å². The first kappa shape index (κ1) is 15.9. The molecular weight excluding hydrogens is 306 g/mol. The Morgan fingerprint density at radius 2 is 2.13 bits per heavy atom. The van der Waals surface area contributed by atoms with Crippen LogP contribution in [0.25, 0.3) is 0 Å². The van der Waals surface area contributed by atoms with Gasteiger partial charge in [0.05, 0.1) is 0 Å². The normalized spacial score (nSPS) is 13.5. The second kappa shape index (κ2) is 7.51. The van der Waals surface area contributed by atoms with E-state index < -0.39 is 0 Å². The molecule has 23 heavy (non-hydrogen) atoms. The molecule has 2 aromatic rings. The monoisotopic (exact) mass is 329 g/mol. The minimum Gasteiger partial charge on any atom is -0.375 e. The van der Waals surface area contributed by atoms with Gasteiger partial charge in [-0.3, -0.25) is 0 Å². The third-order valence-electron chi connectivity index (χ3n) is 4.24. The molecule has 1 aliphatic heterocycles. The largest absolute Gasteiger partial charge is 0.375 e. The van der Waals surface area contributed by atoms with Gasteiger partial charge in [-0.15, -0.1) is 11.3 Å². The fourth-order valence-corrected chi connectivity index (χ4v) is 3.75. The number of nitrogens with zero attached hydrogens (tertiary/aromatic N) is 2. The number of fused-ring (bicyclic) bond motifs is 1. The SMILES string of the molecule is CN(CCCNC(=O)N1CCc2sccc2C1)c1ccccc1. The predicted molar refractivity (Wildman–Crippen MR) is 96.2 cm³/mol. The van der Waals surface area contributed by atoms with Gasteiger partial charge in [-0.1, -0.05) is 18.2 Å². The Labute approximate surface area is 141 Å². The summed E-state index contributed by atoms with van der Waals surface area (Å²) < 4.78 is 0. The Balaban J connectivity index is 1.38. The maximum Gasteiger partial charge on any atom is 0.317 e. The van der Waals surface area contributed by atoms with Gasteiger partial charge < -0.3 is 15.1 Å². The number of para-hydroxylation sites is 1. The van der Waals surface area contributed by atoms with Crippen molar-refractivity contribution >= 4 is 23.1 Å². The zero-order valence-corrected chi connectivity index (χ0v) is 14.3. The molecule has 1 N–H and O–H groups in total. The summed E-state index contributed by atoms with van der Waals surface area (Å²) in [6.45, 7) is 3.21. The first-order valence-electron chi connectivity index (χ1n) is 8.08. The number of nitrogens with one attached hydrogen (secondary N) is 1. The van der Waals surface area contributed by atoms with Crippen LogP contribution in [-0.2, 0) is 13.0 Å². The molecule has 1 aromatic heterocycles. The average Bonchev–Trinajstić information content (AvgIpc) is 3.06. The summed E-state index contributed by atoms with van der Waals surface area (Å²) in [4.78, 5) is 17.8. The van der Waals surface area contributed by atoms with Crippen LogP contribution in [0.4, 0.5) is 10.5 Å². The Bertz CT molecular complexity index is 641. The molecule has 4 nitrogen and oxygen atoms in total. The number of hydrogen-bond donors (Lipinski definition) is 1. The van der Waals surface area contributed by atoms with Crippen LogP contribution in [-0.4, -0.2) is 37.6 Å². The van der Waals surface area contributed by atoms with E-state index in [9.17, 15) is 4.79 Å². The second-order valence-corrected chi connectivity index (χ2v) is 6.88. The number of carbonyl (C=O) groups is 1. The molecule has 0 unspecified atom stereocenters. The van der Waals surface area contributed by atoms with E-state index in [2.05, 4.69) is 40.8 Å². The van der Waals surface area contributed by atoms with Crippen LogP contribution < -0.4 is 10.2 Å². The van der Waals surface area contributed by atoms with Crippen LogP contribution in [0.3, 0.4) is 0 Å². The highest BCUT2D eigenvalue weighted by Crippen LogP contribution is 2.23. The molecule has 0 saturated carbocycles. The molecular formula is C18H23N3OS. The third-order valence-corrected chi connectivity index (χ3v) is 5.26. The average molecular weight is 329 g/mol. The first-order chi connectivity index (χ1) is 11.2. The number of benzene rings is 1. The van der Waals surface area contributed by atoms with Crippen molar-refractivity contribution in [3.63, 3.8) is 0 Å². The molecule has 0 spiro atoms. The van der Waals surface area contributed by atoms with E-state index in [1.807, 2.05) is 23.1 Å². The Morgan fingerprint density at radius 3 is 2.96 bits per heavy atom. The highest BCUT2D eigenvalue weighted by atomic mass is 32.1. The van der Waals surface area contributed by atoms with Gasteiger partial charge in [-0.2, -0.15) is 0 Å². The maximum absolute atomic E-state index is 12.2. The van der Waals surface area contributed by atoms with Crippen molar-refractivity contribution in [2.75, 3.05) is 31.6 Å². The topological polar surface area (TPSA) is 35.6 Å². The van der Waals surface area contributed by atoms with Gasteiger partial charge >= 0.3 is 6.03 Å². The lowest BCUT2D eigenvalue weighted by Gasteiger charge is -2.27. The summed E-state index contributed by atoms with van der Waals surface area (Å²) in [6.07, 6.45) is 1.92. The lowest BCUT2D eigenvalue weighted by atomic mass is 10.1. The van der Waals surface area contributed by atoms with E-state index in [-0.39, 0.29) is 6.03 Å². The number of amides is 2. The lowest BCUT2D eigenvalue weighted by molar-refractivity contribution is 0.193. The van der Waals surface area contributed by atoms with Crippen LogP contribution in [0.1, 0.15) is 16.9 Å². The predicted octanol–water partition coefficient (Wildman–Crippen LogP) is 3.34. The Kier molecular flexibility index (Phi) is 5.18. The summed E-state index contributed by atoms with van der Waals surface area (Å²) in [7, 11) is 2.08. The molecule has 2 heterocycles. The number of urea groups is 1. The molecule has 122 valence electrons. The van der Waals surface area contributed by atoms with Gasteiger partial charge in [0.25, 0.3) is 0 Å². The minimum atomic E-state index is 0.0595. The van der Waals surface area contributed by atoms with E-state index in [1.165, 1.54) is 16.1 Å². The van der Waals surface area contributed by atoms with Gasteiger partial charge in [0.1, 0.15) is 0 Å². The molecule has 0 saturated heterocycles. The molecule has 0 fully saturated rings. The zero-order chi connectivity index (χ0) is 16.1. The van der Waals surface area contributed by atoms with Crippen LogP contribution in [0.15, 0.2) is 41.8 Å². The molecule has 1 aromatic carbocycles. The lowest BCUT2D eigenvalue weighted by Crippen LogP contribution is -2.43. The molecule has 0 radical (unpaired) electrons. The number of rotatable bonds is 5. The van der Waals surface area contributed by atoms with Crippen LogP contribution in [0.2, 0.25) is 0 Å². The van der Waals surface area contributed by atoms with E-state index in [4.69, 9.17) is 0 Å². The molecule has 5 heteroatoms. The fourth-order valence-electron chi connectivity index (χ4n) is 2.86. The highest BCUT2D eigenvalue weighted by Gasteiger charge is 2.20. The van der Waals surface area contributed by atoms with Crippen molar-refractivity contribution in [1.82, 2.24) is 10.2 Å². The molecule has 0 atom stereocenters. The number of hydrogen-bond acceptors (Lipinski definition) is 3. The summed E-state index contributed by atoms with van der Waals surface area (Å²) in [5, 5.41) is 5.16. The van der Waals surface area contributed by atoms with Crippen LogP contribution in [0, 0.1) is 0 Å². The Morgan fingerprint density at radius 1 is 1.30 bits per heavy atom. The fraction of sp³-hybridized carbons (Fsp3) is 0.389. The van der Waals surface area contributed by atoms with E-state index in [0.29, 0.717) is 6.54 Å². The molecule has 0 bridgehead atoms. The summed E-state index contributed by atoms with van der Waals surface area (Å²) in [6, 6.07) is 12.5. The van der Waals surface area contributed by atoms with Crippen molar-refractivity contribution in [2.24, 2.45) is 0 Å². The number of carbonyl (C=O) groups excluding carboxylic acids is 1. The van der Waals surface area contributed by atoms with Crippen molar-refractivity contribution in [3.05, 3.63) is 52.2 Å². The van der Waals surface area contributed by atoms with Crippen molar-refractivity contribution in [1.29, 1.82) is 0 Å². The molecule has 0 aliphatic carbocycles. The van der Waals surface area contributed by atoms with Crippen LogP contribution in [0.5, 0.6) is 0 Å². The first-order valence-corrected chi connectivity index (χ1v) is 8.96. The van der Waals surface area contributed by atoms with E-state index >= 15 is 0 Å². The van der Waals surface area contributed by atoms with Crippen LogP contribution >= 0.6 is 11.3 Å². The third kappa shape index (κ3) is 4.05. The maximum atomic E-state index is 12.2. The standard InChI is InChI=1S/C18H23N3OS/c1-20(16-6-3-2-4-7-16)11-5-10-19-18(22)21-12-8-17-15(14-21)9-13-23-17/h2-4,6-7,9,13H,5,8,10-12,14H2,1H3,(H,19,22). The Hall–Kier alpha value is -2.01. The summed E-state index contributed by atoms with van der Waals surface area (Å²) >= 11 is 1.80. The zero-order valence-electron chi connectivity index (χ0n) is 13.5. The van der Waals surface area contributed by atoms with Crippen molar-refractivity contribution < 1.29 is 4.79 Å². The number of thiophene rings is 1. The molecule has 3 rings (SSSR count). The van der Waals surface area contributed by atoms with E-state index in [0.717, 1.165) is 32.5 Å². The highest BCUT2D eigenvalue weighted by molar-refractivity contribution is 7.10. The minimum absolute atomic E-state index is 0.0595. The summed E-state index contributed by atoms with van der Waals surface area (Å²) in [5.41, 5.74) is 2.51. The van der Waals surface area contributed by atoms with Gasteiger partial charge in [0.15, 0.2) is 0 Å². The van der Waals surface area contributed by atoms with Gasteiger partial charge in [0, 0.05) is 43.8 Å². The number of anilines is 1. The quantitative estimate of drug-likeness (QED) is 0.854. The van der Waals surface area contributed by atoms with Gasteiger partial charge in [-0.05, 0) is 42.0 Å². The van der Waals surface area contributed by atoms with Gasteiger partial charge in [0.2, 0.25) is 0 Å². The second-order valence-electron chi connectivity index (χ2n) is 5.88. The van der Waals surface area contributed by atoms with Crippen molar-refractivity contribution in [3.8, 4) is 0 Å². The van der Waals surface area contributed by atoms with Crippen molar-refractivity contribution in [2.45, 2.75) is 19.4 Å². The molecule has 2 amide bonds.